The second-order valence-corrected chi connectivity index (χ2v) is 4.98. The van der Waals surface area contributed by atoms with Crippen LogP contribution in [-0.2, 0) is 0 Å². The third kappa shape index (κ3) is 1.90. The first kappa shape index (κ1) is 9.90. The van der Waals surface area contributed by atoms with Crippen LogP contribution in [0.5, 0.6) is 0 Å². The number of rotatable bonds is 3. The van der Waals surface area contributed by atoms with Crippen LogP contribution >= 0.6 is 22.7 Å². The van der Waals surface area contributed by atoms with Gasteiger partial charge in [0, 0.05) is 10.9 Å². The first-order chi connectivity index (χ1) is 6.81. The highest BCUT2D eigenvalue weighted by Crippen LogP contribution is 2.30. The van der Waals surface area contributed by atoms with Gasteiger partial charge in [0.2, 0.25) is 0 Å². The zero-order valence-corrected chi connectivity index (χ0v) is 9.91. The molecule has 1 nitrogen and oxygen atoms in total. The van der Waals surface area contributed by atoms with Crippen LogP contribution in [-0.4, -0.2) is 7.05 Å². The summed E-state index contributed by atoms with van der Waals surface area (Å²) >= 11 is 3.57. The molecule has 3 heteroatoms. The van der Waals surface area contributed by atoms with E-state index in [0.29, 0.717) is 6.04 Å². The number of nitrogens with one attached hydrogen (secondary N) is 1. The van der Waals surface area contributed by atoms with Gasteiger partial charge in [-0.2, -0.15) is 11.3 Å². The summed E-state index contributed by atoms with van der Waals surface area (Å²) in [6.07, 6.45) is 0. The van der Waals surface area contributed by atoms with Gasteiger partial charge in [0.15, 0.2) is 0 Å². The average molecular weight is 223 g/mol. The molecular formula is C11H13NS2. The molecule has 2 heterocycles. The van der Waals surface area contributed by atoms with Gasteiger partial charge < -0.3 is 5.32 Å². The van der Waals surface area contributed by atoms with E-state index in [9.17, 15) is 0 Å². The normalized spacial score (nSPS) is 13.0. The summed E-state index contributed by atoms with van der Waals surface area (Å²) in [6.45, 7) is 2.18. The maximum atomic E-state index is 3.25. The van der Waals surface area contributed by atoms with Crippen molar-refractivity contribution in [3.05, 3.63) is 33.2 Å². The molecule has 0 unspecified atom stereocenters. The zero-order valence-electron chi connectivity index (χ0n) is 8.28. The highest BCUT2D eigenvalue weighted by Gasteiger charge is 2.07. The van der Waals surface area contributed by atoms with Crippen LogP contribution in [0, 0.1) is 0 Å². The van der Waals surface area contributed by atoms with E-state index in [1.807, 2.05) is 18.4 Å². The van der Waals surface area contributed by atoms with Crippen LogP contribution in [0.15, 0.2) is 28.3 Å². The number of hydrogen-bond acceptors (Lipinski definition) is 3. The fraction of sp³-hybridized carbons (Fsp3) is 0.273. The van der Waals surface area contributed by atoms with Crippen molar-refractivity contribution < 1.29 is 0 Å². The molecule has 14 heavy (non-hydrogen) atoms. The van der Waals surface area contributed by atoms with Crippen LogP contribution in [0.25, 0.3) is 11.1 Å². The van der Waals surface area contributed by atoms with E-state index < -0.39 is 0 Å². The molecule has 0 fully saturated rings. The molecular weight excluding hydrogens is 210 g/mol. The summed E-state index contributed by atoms with van der Waals surface area (Å²) in [4.78, 5) is 1.40. The first-order valence-electron chi connectivity index (χ1n) is 4.59. The van der Waals surface area contributed by atoms with Gasteiger partial charge in [0.25, 0.3) is 0 Å². The van der Waals surface area contributed by atoms with Gasteiger partial charge in [-0.15, -0.1) is 11.3 Å². The molecule has 0 saturated carbocycles. The van der Waals surface area contributed by atoms with Gasteiger partial charge in [-0.3, -0.25) is 0 Å². The third-order valence-electron chi connectivity index (χ3n) is 2.33. The summed E-state index contributed by atoms with van der Waals surface area (Å²) in [5.41, 5.74) is 2.68. The monoisotopic (exact) mass is 223 g/mol. The molecule has 0 radical (unpaired) electrons. The van der Waals surface area contributed by atoms with E-state index in [0.717, 1.165) is 0 Å². The molecule has 0 aliphatic heterocycles. The Balaban J connectivity index is 2.26. The van der Waals surface area contributed by atoms with Crippen molar-refractivity contribution in [3.63, 3.8) is 0 Å². The Bertz CT molecular complexity index is 389. The van der Waals surface area contributed by atoms with Gasteiger partial charge in [0.1, 0.15) is 0 Å². The second kappa shape index (κ2) is 4.26. The van der Waals surface area contributed by atoms with Crippen molar-refractivity contribution in [2.45, 2.75) is 13.0 Å². The van der Waals surface area contributed by atoms with E-state index in [-0.39, 0.29) is 0 Å². The van der Waals surface area contributed by atoms with Gasteiger partial charge in [-0.1, -0.05) is 0 Å². The summed E-state index contributed by atoms with van der Waals surface area (Å²) in [5, 5.41) is 9.79. The van der Waals surface area contributed by atoms with E-state index >= 15 is 0 Å². The largest absolute Gasteiger partial charge is 0.313 e. The van der Waals surface area contributed by atoms with Crippen LogP contribution < -0.4 is 5.32 Å². The molecule has 0 bridgehead atoms. The molecule has 0 aliphatic rings. The molecule has 1 atom stereocenters. The number of hydrogen-bond donors (Lipinski definition) is 1. The molecule has 2 aromatic rings. The van der Waals surface area contributed by atoms with Crippen molar-refractivity contribution in [2.24, 2.45) is 0 Å². The number of thiophene rings is 2. The van der Waals surface area contributed by atoms with Crippen LogP contribution in [0.3, 0.4) is 0 Å². The molecule has 0 aromatic carbocycles. The molecule has 1 N–H and O–H groups in total. The van der Waals surface area contributed by atoms with Gasteiger partial charge in [0.05, 0.1) is 0 Å². The third-order valence-corrected chi connectivity index (χ3v) is 4.13. The minimum absolute atomic E-state index is 0.451. The zero-order chi connectivity index (χ0) is 9.97. The smallest absolute Gasteiger partial charge is 0.0383 e. The quantitative estimate of drug-likeness (QED) is 0.835. The maximum absolute atomic E-state index is 3.25. The SMILES string of the molecule is CN[C@H](C)c1cc(-c2ccsc2)cs1. The molecule has 2 aromatic heterocycles. The topological polar surface area (TPSA) is 12.0 Å². The molecule has 0 spiro atoms. The van der Waals surface area contributed by atoms with E-state index in [1.54, 1.807) is 11.3 Å². The minimum atomic E-state index is 0.451. The summed E-state index contributed by atoms with van der Waals surface area (Å²) in [6, 6.07) is 4.89. The molecule has 0 amide bonds. The van der Waals surface area contributed by atoms with Crippen molar-refractivity contribution in [1.29, 1.82) is 0 Å². The molecule has 74 valence electrons. The van der Waals surface area contributed by atoms with Gasteiger partial charge in [-0.25, -0.2) is 0 Å². The standard InChI is InChI=1S/C11H13NS2/c1-8(12-2)11-5-10(7-14-11)9-3-4-13-6-9/h3-8,12H,1-2H3/t8-/m1/s1. The highest BCUT2D eigenvalue weighted by molar-refractivity contribution is 7.10. The van der Waals surface area contributed by atoms with Crippen LogP contribution in [0.2, 0.25) is 0 Å². The lowest BCUT2D eigenvalue weighted by Gasteiger charge is -2.05. The van der Waals surface area contributed by atoms with Gasteiger partial charge in [-0.05, 0) is 53.4 Å². The Labute approximate surface area is 92.4 Å². The summed E-state index contributed by atoms with van der Waals surface area (Å²) in [5.74, 6) is 0. The van der Waals surface area contributed by atoms with Crippen molar-refractivity contribution in [1.82, 2.24) is 5.32 Å². The lowest BCUT2D eigenvalue weighted by atomic mass is 10.1. The maximum Gasteiger partial charge on any atom is 0.0383 e. The van der Waals surface area contributed by atoms with Crippen LogP contribution in [0.1, 0.15) is 17.8 Å². The van der Waals surface area contributed by atoms with E-state index in [2.05, 4.69) is 40.5 Å². The van der Waals surface area contributed by atoms with Crippen molar-refractivity contribution in [2.75, 3.05) is 7.05 Å². The van der Waals surface area contributed by atoms with Gasteiger partial charge >= 0.3 is 0 Å². The molecule has 2 rings (SSSR count). The van der Waals surface area contributed by atoms with E-state index in [1.165, 1.54) is 16.0 Å². The lowest BCUT2D eigenvalue weighted by molar-refractivity contribution is 0.664. The Hall–Kier alpha value is -0.640. The Kier molecular flexibility index (Phi) is 3.01. The highest BCUT2D eigenvalue weighted by atomic mass is 32.1. The fourth-order valence-electron chi connectivity index (χ4n) is 1.30. The predicted molar refractivity (Wildman–Crippen MR) is 65.1 cm³/mol. The Morgan fingerprint density at radius 3 is 2.79 bits per heavy atom. The lowest BCUT2D eigenvalue weighted by Crippen LogP contribution is -2.10. The fourth-order valence-corrected chi connectivity index (χ4v) is 2.95. The second-order valence-electron chi connectivity index (χ2n) is 3.26. The van der Waals surface area contributed by atoms with Crippen LogP contribution in [0.4, 0.5) is 0 Å². The van der Waals surface area contributed by atoms with E-state index in [4.69, 9.17) is 0 Å². The predicted octanol–water partition coefficient (Wildman–Crippen LogP) is 3.76. The molecule has 0 saturated heterocycles. The Morgan fingerprint density at radius 2 is 2.14 bits per heavy atom. The Morgan fingerprint density at radius 1 is 1.29 bits per heavy atom. The average Bonchev–Trinajstić information content (AvgIpc) is 2.86. The molecule has 0 aliphatic carbocycles. The first-order valence-corrected chi connectivity index (χ1v) is 6.42. The summed E-state index contributed by atoms with van der Waals surface area (Å²) in [7, 11) is 1.99. The van der Waals surface area contributed by atoms with Crippen molar-refractivity contribution in [3.8, 4) is 11.1 Å². The van der Waals surface area contributed by atoms with Crippen molar-refractivity contribution >= 4 is 22.7 Å². The minimum Gasteiger partial charge on any atom is -0.313 e. The summed E-state index contributed by atoms with van der Waals surface area (Å²) < 4.78 is 0.